The summed E-state index contributed by atoms with van der Waals surface area (Å²) in [6.07, 6.45) is 3.19. The summed E-state index contributed by atoms with van der Waals surface area (Å²) in [5.41, 5.74) is 1.25. The third kappa shape index (κ3) is 1.50. The molecule has 1 fully saturated rings. The fourth-order valence-corrected chi connectivity index (χ4v) is 1.77. The van der Waals surface area contributed by atoms with Crippen LogP contribution in [0.1, 0.15) is 18.0 Å². The van der Waals surface area contributed by atoms with Crippen LogP contribution in [0, 0.1) is 10.6 Å². The third-order valence-corrected chi connectivity index (χ3v) is 3.20. The van der Waals surface area contributed by atoms with E-state index in [2.05, 4.69) is 40.8 Å². The van der Waals surface area contributed by atoms with E-state index in [4.69, 9.17) is 4.74 Å². The van der Waals surface area contributed by atoms with Gasteiger partial charge in [0.2, 0.25) is 0 Å². The van der Waals surface area contributed by atoms with E-state index in [0.717, 1.165) is 23.3 Å². The number of aromatic nitrogens is 2. The van der Waals surface area contributed by atoms with Gasteiger partial charge < -0.3 is 4.74 Å². The standard InChI is InChI=1S/C8H11IN2O/c1-6-4-11(10-8(6)9)7-2-3-12-5-7/h4,7H,2-3,5H2,1H3. The number of hydrogen-bond acceptors (Lipinski definition) is 2. The van der Waals surface area contributed by atoms with E-state index in [9.17, 15) is 0 Å². The molecule has 0 spiro atoms. The van der Waals surface area contributed by atoms with Gasteiger partial charge in [-0.1, -0.05) is 0 Å². The summed E-state index contributed by atoms with van der Waals surface area (Å²) in [5.74, 6) is 0. The molecule has 1 unspecified atom stereocenters. The van der Waals surface area contributed by atoms with Crippen molar-refractivity contribution in [2.24, 2.45) is 0 Å². The van der Waals surface area contributed by atoms with Crippen molar-refractivity contribution in [2.75, 3.05) is 13.2 Å². The number of aryl methyl sites for hydroxylation is 1. The number of rotatable bonds is 1. The van der Waals surface area contributed by atoms with Crippen molar-refractivity contribution < 1.29 is 4.74 Å². The van der Waals surface area contributed by atoms with Crippen molar-refractivity contribution in [3.63, 3.8) is 0 Å². The minimum atomic E-state index is 0.465. The van der Waals surface area contributed by atoms with Gasteiger partial charge in [0.05, 0.1) is 12.6 Å². The van der Waals surface area contributed by atoms with Gasteiger partial charge in [-0.3, -0.25) is 4.68 Å². The Morgan fingerprint density at radius 3 is 3.08 bits per heavy atom. The first-order valence-corrected chi connectivity index (χ1v) is 5.14. The SMILES string of the molecule is Cc1cn(C2CCOC2)nc1I. The van der Waals surface area contributed by atoms with E-state index in [1.54, 1.807) is 0 Å². The van der Waals surface area contributed by atoms with E-state index in [-0.39, 0.29) is 0 Å². The van der Waals surface area contributed by atoms with E-state index in [1.165, 1.54) is 5.56 Å². The van der Waals surface area contributed by atoms with Crippen LogP contribution in [0.2, 0.25) is 0 Å². The lowest BCUT2D eigenvalue weighted by Crippen LogP contribution is -2.08. The van der Waals surface area contributed by atoms with Gasteiger partial charge >= 0.3 is 0 Å². The van der Waals surface area contributed by atoms with Crippen LogP contribution in [0.5, 0.6) is 0 Å². The second-order valence-corrected chi connectivity index (χ2v) is 4.12. The maximum atomic E-state index is 5.30. The Kier molecular flexibility index (Phi) is 2.36. The van der Waals surface area contributed by atoms with Crippen molar-refractivity contribution in [3.8, 4) is 0 Å². The number of hydrogen-bond donors (Lipinski definition) is 0. The predicted molar refractivity (Wildman–Crippen MR) is 54.2 cm³/mol. The van der Waals surface area contributed by atoms with Crippen LogP contribution in [0.15, 0.2) is 6.20 Å². The highest BCUT2D eigenvalue weighted by molar-refractivity contribution is 14.1. The van der Waals surface area contributed by atoms with Gasteiger partial charge in [-0.2, -0.15) is 5.10 Å². The molecule has 1 aromatic rings. The normalized spacial score (nSPS) is 23.3. The molecule has 66 valence electrons. The van der Waals surface area contributed by atoms with E-state index in [1.807, 2.05) is 4.68 Å². The molecule has 0 aliphatic carbocycles. The summed E-state index contributed by atoms with van der Waals surface area (Å²) < 4.78 is 8.43. The van der Waals surface area contributed by atoms with Crippen LogP contribution in [0.3, 0.4) is 0 Å². The summed E-state index contributed by atoms with van der Waals surface area (Å²) in [6, 6.07) is 0.465. The number of ether oxygens (including phenoxy) is 1. The molecule has 0 N–H and O–H groups in total. The lowest BCUT2D eigenvalue weighted by atomic mass is 10.3. The quantitative estimate of drug-likeness (QED) is 0.732. The molecule has 1 aliphatic heterocycles. The fraction of sp³-hybridized carbons (Fsp3) is 0.625. The smallest absolute Gasteiger partial charge is 0.126 e. The molecule has 3 nitrogen and oxygen atoms in total. The van der Waals surface area contributed by atoms with E-state index < -0.39 is 0 Å². The highest BCUT2D eigenvalue weighted by Gasteiger charge is 2.18. The third-order valence-electron chi connectivity index (χ3n) is 2.13. The van der Waals surface area contributed by atoms with Gasteiger partial charge in [-0.05, 0) is 35.9 Å². The zero-order valence-electron chi connectivity index (χ0n) is 6.96. The molecule has 1 saturated heterocycles. The summed E-state index contributed by atoms with van der Waals surface area (Å²) in [7, 11) is 0. The highest BCUT2D eigenvalue weighted by Crippen LogP contribution is 2.19. The van der Waals surface area contributed by atoms with Crippen molar-refractivity contribution >= 4 is 22.6 Å². The maximum Gasteiger partial charge on any atom is 0.126 e. The van der Waals surface area contributed by atoms with Crippen LogP contribution in [-0.4, -0.2) is 23.0 Å². The molecule has 1 atom stereocenters. The average molecular weight is 278 g/mol. The van der Waals surface area contributed by atoms with Gasteiger partial charge in [-0.15, -0.1) is 0 Å². The lowest BCUT2D eigenvalue weighted by molar-refractivity contribution is 0.184. The molecule has 1 aliphatic rings. The van der Waals surface area contributed by atoms with E-state index in [0.29, 0.717) is 6.04 Å². The van der Waals surface area contributed by atoms with Gasteiger partial charge in [0.1, 0.15) is 3.70 Å². The molecular formula is C8H11IN2O. The summed E-state index contributed by atoms with van der Waals surface area (Å²) in [5, 5.41) is 4.42. The largest absolute Gasteiger partial charge is 0.379 e. The predicted octanol–water partition coefficient (Wildman–Crippen LogP) is 1.76. The van der Waals surface area contributed by atoms with Gasteiger partial charge in [-0.25, -0.2) is 0 Å². The molecule has 0 amide bonds. The minimum Gasteiger partial charge on any atom is -0.379 e. The first kappa shape index (κ1) is 8.50. The van der Waals surface area contributed by atoms with Gasteiger partial charge in [0, 0.05) is 18.4 Å². The Morgan fingerprint density at radius 1 is 1.75 bits per heavy atom. The second-order valence-electron chi connectivity index (χ2n) is 3.10. The Bertz CT molecular complexity index is 259. The first-order chi connectivity index (χ1) is 5.77. The zero-order valence-corrected chi connectivity index (χ0v) is 9.11. The fourth-order valence-electron chi connectivity index (χ4n) is 1.38. The van der Waals surface area contributed by atoms with Crippen LogP contribution in [-0.2, 0) is 4.74 Å². The molecule has 12 heavy (non-hydrogen) atoms. The van der Waals surface area contributed by atoms with Crippen molar-refractivity contribution in [3.05, 3.63) is 15.5 Å². The lowest BCUT2D eigenvalue weighted by Gasteiger charge is -2.06. The van der Waals surface area contributed by atoms with Crippen LogP contribution in [0.25, 0.3) is 0 Å². The van der Waals surface area contributed by atoms with Gasteiger partial charge in [0.25, 0.3) is 0 Å². The van der Waals surface area contributed by atoms with Crippen molar-refractivity contribution in [1.82, 2.24) is 9.78 Å². The van der Waals surface area contributed by atoms with E-state index >= 15 is 0 Å². The highest BCUT2D eigenvalue weighted by atomic mass is 127. The average Bonchev–Trinajstić information content (AvgIpc) is 2.61. The van der Waals surface area contributed by atoms with Crippen LogP contribution >= 0.6 is 22.6 Å². The summed E-state index contributed by atoms with van der Waals surface area (Å²) in [4.78, 5) is 0. The zero-order chi connectivity index (χ0) is 8.55. The van der Waals surface area contributed by atoms with Crippen molar-refractivity contribution in [1.29, 1.82) is 0 Å². The van der Waals surface area contributed by atoms with Crippen LogP contribution in [0.4, 0.5) is 0 Å². The number of nitrogens with zero attached hydrogens (tertiary/aromatic N) is 2. The number of halogens is 1. The summed E-state index contributed by atoms with van der Waals surface area (Å²) in [6.45, 7) is 3.78. The monoisotopic (exact) mass is 278 g/mol. The Hall–Kier alpha value is -0.100. The molecule has 2 rings (SSSR count). The topological polar surface area (TPSA) is 27.1 Å². The Labute approximate surface area is 85.2 Å². The Balaban J connectivity index is 2.21. The molecule has 0 bridgehead atoms. The van der Waals surface area contributed by atoms with Crippen molar-refractivity contribution in [2.45, 2.75) is 19.4 Å². The first-order valence-electron chi connectivity index (χ1n) is 4.06. The molecule has 2 heterocycles. The minimum absolute atomic E-state index is 0.465. The molecule has 0 radical (unpaired) electrons. The second kappa shape index (κ2) is 3.33. The molecular weight excluding hydrogens is 267 g/mol. The summed E-state index contributed by atoms with van der Waals surface area (Å²) >= 11 is 2.26. The van der Waals surface area contributed by atoms with Gasteiger partial charge in [0.15, 0.2) is 0 Å². The molecule has 0 aromatic carbocycles. The molecule has 1 aromatic heterocycles. The molecule has 4 heteroatoms. The molecule has 0 saturated carbocycles. The Morgan fingerprint density at radius 2 is 2.58 bits per heavy atom. The maximum absolute atomic E-state index is 5.30. The van der Waals surface area contributed by atoms with Crippen LogP contribution < -0.4 is 0 Å².